The van der Waals surface area contributed by atoms with Crippen LogP contribution in [0.5, 0.6) is 0 Å². The molecule has 2 heterocycles. The Balaban J connectivity index is 2.36. The highest BCUT2D eigenvalue weighted by Gasteiger charge is 2.26. The van der Waals surface area contributed by atoms with Crippen LogP contribution in [-0.4, -0.2) is 28.5 Å². The lowest BCUT2D eigenvalue weighted by Crippen LogP contribution is -2.34. The van der Waals surface area contributed by atoms with Gasteiger partial charge < -0.3 is 4.74 Å². The second-order valence-electron chi connectivity index (χ2n) is 3.83. The average molecular weight is 281 g/mol. The lowest BCUT2D eigenvalue weighted by Gasteiger charge is -2.21. The molecule has 0 aromatic carbocycles. The van der Waals surface area contributed by atoms with Crippen LogP contribution in [-0.2, 0) is 14.3 Å². The van der Waals surface area contributed by atoms with Gasteiger partial charge in [0.2, 0.25) is 0 Å². The van der Waals surface area contributed by atoms with Crippen LogP contribution in [0.1, 0.15) is 0 Å². The number of rotatable bonds is 3. The summed E-state index contributed by atoms with van der Waals surface area (Å²) in [6, 6.07) is 6.42. The van der Waals surface area contributed by atoms with Gasteiger partial charge in [-0.25, -0.2) is 4.79 Å². The first-order chi connectivity index (χ1) is 10.2. The summed E-state index contributed by atoms with van der Waals surface area (Å²) in [6.07, 6.45) is 11.1. The maximum absolute atomic E-state index is 12.3. The van der Waals surface area contributed by atoms with Crippen molar-refractivity contribution in [3.63, 3.8) is 0 Å². The highest BCUT2D eigenvalue weighted by Crippen LogP contribution is 2.24. The Morgan fingerprint density at radius 2 is 1.52 bits per heavy atom. The van der Waals surface area contributed by atoms with Crippen LogP contribution in [0.25, 0.3) is 0 Å². The molecule has 6 heteroatoms. The highest BCUT2D eigenvalue weighted by molar-refractivity contribution is 6.39. The lowest BCUT2D eigenvalue weighted by atomic mass is 10.3. The predicted octanol–water partition coefficient (Wildman–Crippen LogP) is 1.32. The molecule has 0 saturated carbocycles. The fourth-order valence-corrected chi connectivity index (χ4v) is 1.63. The van der Waals surface area contributed by atoms with Gasteiger partial charge in [-0.2, -0.15) is 0 Å². The van der Waals surface area contributed by atoms with Gasteiger partial charge in [0, 0.05) is 24.8 Å². The van der Waals surface area contributed by atoms with E-state index in [1.807, 2.05) is 0 Å². The largest absolute Gasteiger partial charge is 0.445 e. The maximum atomic E-state index is 12.3. The second kappa shape index (κ2) is 6.82. The topological polar surface area (TPSA) is 72.4 Å². The number of carbonyl (C=O) groups is 2. The molecule has 0 spiro atoms. The summed E-state index contributed by atoms with van der Waals surface area (Å²) < 4.78 is 4.68. The summed E-state index contributed by atoms with van der Waals surface area (Å²) in [7, 11) is 0. The Kier molecular flexibility index (Phi) is 4.62. The van der Waals surface area contributed by atoms with Crippen LogP contribution in [0.15, 0.2) is 49.1 Å². The van der Waals surface area contributed by atoms with Crippen LogP contribution in [0.4, 0.5) is 11.4 Å². The fourth-order valence-electron chi connectivity index (χ4n) is 1.63. The molecule has 21 heavy (non-hydrogen) atoms. The molecule has 0 aliphatic heterocycles. The minimum atomic E-state index is -1.03. The molecule has 1 amide bonds. The van der Waals surface area contributed by atoms with Gasteiger partial charge in [0.1, 0.15) is 0 Å². The molecule has 0 fully saturated rings. The van der Waals surface area contributed by atoms with Crippen molar-refractivity contribution in [1.29, 1.82) is 0 Å². The number of carbonyl (C=O) groups excluding carboxylic acids is 2. The summed E-state index contributed by atoms with van der Waals surface area (Å²) in [5.74, 6) is 0.267. The number of hydrogen-bond donors (Lipinski definition) is 0. The van der Waals surface area contributed by atoms with Crippen LogP contribution >= 0.6 is 0 Å². The zero-order valence-corrected chi connectivity index (χ0v) is 11.0. The van der Waals surface area contributed by atoms with E-state index in [9.17, 15) is 9.59 Å². The first kappa shape index (κ1) is 14.2. The number of aromatic nitrogens is 2. The number of anilines is 2. The minimum absolute atomic E-state index is 0.259. The lowest BCUT2D eigenvalue weighted by molar-refractivity contribution is -0.152. The standard InChI is InChI=1S/C15H11N3O3/c1-2-11-21-15(20)14(19)18(12-3-7-16-8-4-12)13-5-9-17-10-6-13/h1,3-10H,11H2. The number of amides is 1. The van der Waals surface area contributed by atoms with Gasteiger partial charge >= 0.3 is 11.9 Å². The van der Waals surface area contributed by atoms with Crippen LogP contribution < -0.4 is 4.90 Å². The first-order valence-electron chi connectivity index (χ1n) is 5.98. The van der Waals surface area contributed by atoms with E-state index in [1.54, 1.807) is 24.3 Å². The summed E-state index contributed by atoms with van der Waals surface area (Å²) >= 11 is 0. The molecule has 0 saturated heterocycles. The van der Waals surface area contributed by atoms with E-state index in [1.165, 1.54) is 29.7 Å². The van der Waals surface area contributed by atoms with E-state index in [0.717, 1.165) is 0 Å². The van der Waals surface area contributed by atoms with E-state index in [2.05, 4.69) is 20.6 Å². The highest BCUT2D eigenvalue weighted by atomic mass is 16.5. The van der Waals surface area contributed by atoms with Gasteiger partial charge in [-0.15, -0.1) is 6.42 Å². The molecule has 104 valence electrons. The van der Waals surface area contributed by atoms with Gasteiger partial charge in [0.05, 0.1) is 11.4 Å². The predicted molar refractivity (Wildman–Crippen MR) is 75.4 cm³/mol. The average Bonchev–Trinajstić information content (AvgIpc) is 2.54. The Morgan fingerprint density at radius 3 is 1.95 bits per heavy atom. The van der Waals surface area contributed by atoms with Gasteiger partial charge in [-0.05, 0) is 24.3 Å². The molecule has 0 unspecified atom stereocenters. The van der Waals surface area contributed by atoms with E-state index in [4.69, 9.17) is 6.42 Å². The molecule has 0 radical (unpaired) electrons. The number of ether oxygens (including phenoxy) is 1. The Bertz CT molecular complexity index is 626. The summed E-state index contributed by atoms with van der Waals surface area (Å²) in [5.41, 5.74) is 0.970. The number of esters is 1. The van der Waals surface area contributed by atoms with E-state index >= 15 is 0 Å². The maximum Gasteiger partial charge on any atom is 0.398 e. The van der Waals surface area contributed by atoms with E-state index in [-0.39, 0.29) is 6.61 Å². The van der Waals surface area contributed by atoms with Crippen molar-refractivity contribution >= 4 is 23.3 Å². The van der Waals surface area contributed by atoms with Gasteiger partial charge in [-0.3, -0.25) is 19.7 Å². The summed E-state index contributed by atoms with van der Waals surface area (Å²) in [5, 5.41) is 0. The zero-order chi connectivity index (χ0) is 15.1. The first-order valence-corrected chi connectivity index (χ1v) is 5.98. The Morgan fingerprint density at radius 1 is 1.05 bits per heavy atom. The summed E-state index contributed by atoms with van der Waals surface area (Å²) in [6.45, 7) is -0.259. The molecule has 2 rings (SSSR count). The molecule has 0 aliphatic carbocycles. The second-order valence-corrected chi connectivity index (χ2v) is 3.83. The van der Waals surface area contributed by atoms with Crippen molar-refractivity contribution in [2.45, 2.75) is 0 Å². The molecular weight excluding hydrogens is 270 g/mol. The van der Waals surface area contributed by atoms with Gasteiger partial charge in [-0.1, -0.05) is 5.92 Å². The smallest absolute Gasteiger partial charge is 0.398 e. The Hall–Kier alpha value is -3.20. The molecule has 0 aliphatic rings. The quantitative estimate of drug-likeness (QED) is 0.482. The Labute approximate surface area is 121 Å². The normalized spacial score (nSPS) is 9.48. The van der Waals surface area contributed by atoms with Gasteiger partial charge in [0.25, 0.3) is 0 Å². The van der Waals surface area contributed by atoms with Crippen molar-refractivity contribution in [3.05, 3.63) is 49.1 Å². The minimum Gasteiger partial charge on any atom is -0.445 e. The van der Waals surface area contributed by atoms with E-state index < -0.39 is 11.9 Å². The third-order valence-electron chi connectivity index (χ3n) is 2.51. The summed E-state index contributed by atoms with van der Waals surface area (Å²) in [4.78, 5) is 33.0. The molecular formula is C15H11N3O3. The third kappa shape index (κ3) is 3.42. The van der Waals surface area contributed by atoms with Crippen LogP contribution in [0.3, 0.4) is 0 Å². The van der Waals surface area contributed by atoms with Crippen molar-refractivity contribution in [2.75, 3.05) is 11.5 Å². The monoisotopic (exact) mass is 281 g/mol. The fraction of sp³-hybridized carbons (Fsp3) is 0.0667. The van der Waals surface area contributed by atoms with Crippen LogP contribution in [0.2, 0.25) is 0 Å². The zero-order valence-electron chi connectivity index (χ0n) is 11.0. The molecule has 2 aromatic heterocycles. The molecule has 0 atom stereocenters. The SMILES string of the molecule is C#CCOC(=O)C(=O)N(c1ccncc1)c1ccncc1. The number of hydrogen-bond acceptors (Lipinski definition) is 5. The molecule has 2 aromatic rings. The molecule has 0 bridgehead atoms. The number of nitrogens with zero attached hydrogens (tertiary/aromatic N) is 3. The third-order valence-corrected chi connectivity index (χ3v) is 2.51. The number of terminal acetylenes is 1. The van der Waals surface area contributed by atoms with Gasteiger partial charge in [0.15, 0.2) is 6.61 Å². The van der Waals surface area contributed by atoms with Crippen molar-refractivity contribution in [1.82, 2.24) is 9.97 Å². The number of pyridine rings is 2. The van der Waals surface area contributed by atoms with E-state index in [0.29, 0.717) is 11.4 Å². The van der Waals surface area contributed by atoms with Crippen molar-refractivity contribution in [2.24, 2.45) is 0 Å². The molecule has 6 nitrogen and oxygen atoms in total. The molecule has 0 N–H and O–H groups in total. The van der Waals surface area contributed by atoms with Crippen LogP contribution in [0, 0.1) is 12.3 Å². The van der Waals surface area contributed by atoms with Crippen molar-refractivity contribution in [3.8, 4) is 12.3 Å². The van der Waals surface area contributed by atoms with Crippen molar-refractivity contribution < 1.29 is 14.3 Å².